The van der Waals surface area contributed by atoms with E-state index in [1.54, 1.807) is 27.2 Å². The van der Waals surface area contributed by atoms with Gasteiger partial charge in [-0.2, -0.15) is 0 Å². The Bertz CT molecular complexity index is 671. The summed E-state index contributed by atoms with van der Waals surface area (Å²) in [6.45, 7) is 1.55. The van der Waals surface area contributed by atoms with Gasteiger partial charge in [-0.15, -0.1) is 0 Å². The van der Waals surface area contributed by atoms with E-state index in [0.717, 1.165) is 14.3 Å². The van der Waals surface area contributed by atoms with Gasteiger partial charge in [0, 0.05) is 19.8 Å². The van der Waals surface area contributed by atoms with Gasteiger partial charge in [-0.1, -0.05) is 23.9 Å². The maximum Gasteiger partial charge on any atom is 0.161 e. The van der Waals surface area contributed by atoms with Crippen molar-refractivity contribution >= 4 is 33.5 Å². The zero-order valence-electron chi connectivity index (χ0n) is 12.0. The van der Waals surface area contributed by atoms with Crippen molar-refractivity contribution in [3.63, 3.8) is 0 Å². The lowest BCUT2D eigenvalue weighted by molar-refractivity contribution is 0.101. The van der Waals surface area contributed by atoms with E-state index < -0.39 is 0 Å². The van der Waals surface area contributed by atoms with Crippen LogP contribution in [0.2, 0.25) is 0 Å². The second-order valence-corrected chi connectivity index (χ2v) is 6.23. The van der Waals surface area contributed by atoms with Crippen molar-refractivity contribution in [1.82, 2.24) is 0 Å². The fraction of sp³-hybridized carbons (Fsp3) is 0.188. The summed E-state index contributed by atoms with van der Waals surface area (Å²) < 4.78 is 11.6. The van der Waals surface area contributed by atoms with E-state index >= 15 is 0 Å². The number of ether oxygens (including phenoxy) is 2. The predicted octanol–water partition coefficient (Wildman–Crippen LogP) is 4.82. The average Bonchev–Trinajstić information content (AvgIpc) is 2.48. The number of carbonyl (C=O) groups excluding carboxylic acids is 1. The monoisotopic (exact) mass is 366 g/mol. The van der Waals surface area contributed by atoms with Gasteiger partial charge in [0.2, 0.25) is 0 Å². The second kappa shape index (κ2) is 7.00. The van der Waals surface area contributed by atoms with E-state index in [1.807, 2.05) is 30.3 Å². The van der Waals surface area contributed by atoms with Crippen molar-refractivity contribution in [2.24, 2.45) is 0 Å². The van der Waals surface area contributed by atoms with Gasteiger partial charge in [-0.05, 0) is 47.1 Å². The summed E-state index contributed by atoms with van der Waals surface area (Å²) in [6.07, 6.45) is 0. The molecule has 0 saturated heterocycles. The highest BCUT2D eigenvalue weighted by Gasteiger charge is 2.16. The summed E-state index contributed by atoms with van der Waals surface area (Å²) >= 11 is 5.03. The molecule has 0 bridgehead atoms. The van der Waals surface area contributed by atoms with Crippen LogP contribution >= 0.6 is 27.7 Å². The number of hydrogen-bond donors (Lipinski definition) is 0. The number of carbonyl (C=O) groups is 1. The molecule has 5 heteroatoms. The fourth-order valence-corrected chi connectivity index (χ4v) is 3.42. The third-order valence-electron chi connectivity index (χ3n) is 2.92. The lowest BCUT2D eigenvalue weighted by Gasteiger charge is -2.13. The molecule has 21 heavy (non-hydrogen) atoms. The highest BCUT2D eigenvalue weighted by atomic mass is 79.9. The SMILES string of the molecule is COc1cc(Sc2ccccc2Br)c(C(C)=O)cc1OC. The molecule has 0 N–H and O–H groups in total. The number of ketones is 1. The molecule has 3 nitrogen and oxygen atoms in total. The van der Waals surface area contributed by atoms with Crippen molar-refractivity contribution in [1.29, 1.82) is 0 Å². The summed E-state index contributed by atoms with van der Waals surface area (Å²) in [7, 11) is 3.14. The number of halogens is 1. The zero-order valence-corrected chi connectivity index (χ0v) is 14.4. The van der Waals surface area contributed by atoms with Crippen LogP contribution in [0, 0.1) is 0 Å². The van der Waals surface area contributed by atoms with Gasteiger partial charge >= 0.3 is 0 Å². The molecular weight excluding hydrogens is 352 g/mol. The minimum Gasteiger partial charge on any atom is -0.493 e. The van der Waals surface area contributed by atoms with E-state index in [4.69, 9.17) is 9.47 Å². The second-order valence-electron chi connectivity index (χ2n) is 4.29. The van der Waals surface area contributed by atoms with E-state index in [2.05, 4.69) is 15.9 Å². The first-order valence-electron chi connectivity index (χ1n) is 6.26. The van der Waals surface area contributed by atoms with Gasteiger partial charge in [-0.25, -0.2) is 0 Å². The quantitative estimate of drug-likeness (QED) is 0.710. The van der Waals surface area contributed by atoms with Crippen molar-refractivity contribution in [2.75, 3.05) is 14.2 Å². The molecular formula is C16H15BrO3S. The molecule has 0 unspecified atom stereocenters. The van der Waals surface area contributed by atoms with Gasteiger partial charge in [0.25, 0.3) is 0 Å². The van der Waals surface area contributed by atoms with Crippen LogP contribution in [0.1, 0.15) is 17.3 Å². The van der Waals surface area contributed by atoms with Crippen LogP contribution in [0.5, 0.6) is 11.5 Å². The van der Waals surface area contributed by atoms with Crippen LogP contribution in [0.15, 0.2) is 50.7 Å². The molecule has 110 valence electrons. The van der Waals surface area contributed by atoms with Crippen molar-refractivity contribution in [3.05, 3.63) is 46.4 Å². The minimum atomic E-state index is -0.00879. The number of rotatable bonds is 5. The van der Waals surface area contributed by atoms with Crippen LogP contribution in [0.4, 0.5) is 0 Å². The first-order valence-corrected chi connectivity index (χ1v) is 7.87. The lowest BCUT2D eigenvalue weighted by atomic mass is 10.1. The lowest BCUT2D eigenvalue weighted by Crippen LogP contribution is -1.99. The molecule has 0 radical (unpaired) electrons. The first-order chi connectivity index (χ1) is 10.1. The number of benzene rings is 2. The van der Waals surface area contributed by atoms with Crippen molar-refractivity contribution < 1.29 is 14.3 Å². The highest BCUT2D eigenvalue weighted by Crippen LogP contribution is 2.40. The molecule has 0 aromatic heterocycles. The smallest absolute Gasteiger partial charge is 0.161 e. The van der Waals surface area contributed by atoms with Gasteiger partial charge in [0.05, 0.1) is 14.2 Å². The number of hydrogen-bond acceptors (Lipinski definition) is 4. The molecule has 0 aliphatic rings. The Kier molecular flexibility index (Phi) is 5.31. The summed E-state index contributed by atoms with van der Waals surface area (Å²) in [5.74, 6) is 1.15. The Labute approximate surface area is 136 Å². The molecule has 0 aliphatic heterocycles. The van der Waals surface area contributed by atoms with E-state index in [0.29, 0.717) is 17.1 Å². The molecule has 2 aromatic carbocycles. The Balaban J connectivity index is 2.51. The standard InChI is InChI=1S/C16H15BrO3S/c1-10(18)11-8-13(19-2)14(20-3)9-16(11)21-15-7-5-4-6-12(15)17/h4-9H,1-3H3. The van der Waals surface area contributed by atoms with E-state index in [-0.39, 0.29) is 5.78 Å². The zero-order chi connectivity index (χ0) is 15.4. The molecule has 0 fully saturated rings. The molecule has 0 spiro atoms. The van der Waals surface area contributed by atoms with Crippen LogP contribution in [-0.4, -0.2) is 20.0 Å². The van der Waals surface area contributed by atoms with Gasteiger partial charge in [0.15, 0.2) is 17.3 Å². The first kappa shape index (κ1) is 15.9. The molecule has 0 heterocycles. The molecule has 0 saturated carbocycles. The van der Waals surface area contributed by atoms with E-state index in [9.17, 15) is 4.79 Å². The molecule has 2 rings (SSSR count). The Morgan fingerprint density at radius 1 is 1.05 bits per heavy atom. The normalized spacial score (nSPS) is 10.3. The maximum atomic E-state index is 11.9. The average molecular weight is 367 g/mol. The highest BCUT2D eigenvalue weighted by molar-refractivity contribution is 9.10. The summed E-state index contributed by atoms with van der Waals surface area (Å²) in [4.78, 5) is 13.8. The van der Waals surface area contributed by atoms with Crippen LogP contribution < -0.4 is 9.47 Å². The third kappa shape index (κ3) is 3.60. The van der Waals surface area contributed by atoms with Crippen molar-refractivity contribution in [3.8, 4) is 11.5 Å². The van der Waals surface area contributed by atoms with Crippen LogP contribution in [0.25, 0.3) is 0 Å². The fourth-order valence-electron chi connectivity index (χ4n) is 1.87. The predicted molar refractivity (Wildman–Crippen MR) is 87.8 cm³/mol. The number of Topliss-reactive ketones (excluding diaryl/α,β-unsaturated/α-hetero) is 1. The third-order valence-corrected chi connectivity index (χ3v) is 5.01. The van der Waals surface area contributed by atoms with Crippen molar-refractivity contribution in [2.45, 2.75) is 16.7 Å². The maximum absolute atomic E-state index is 11.9. The van der Waals surface area contributed by atoms with Gasteiger partial charge < -0.3 is 9.47 Å². The molecule has 2 aromatic rings. The largest absolute Gasteiger partial charge is 0.493 e. The minimum absolute atomic E-state index is 0.00879. The summed E-state index contributed by atoms with van der Waals surface area (Å²) in [6, 6.07) is 11.4. The molecule has 0 aliphatic carbocycles. The summed E-state index contributed by atoms with van der Waals surface area (Å²) in [5, 5.41) is 0. The number of methoxy groups -OCH3 is 2. The van der Waals surface area contributed by atoms with Crippen LogP contribution in [-0.2, 0) is 0 Å². The Morgan fingerprint density at radius 2 is 1.67 bits per heavy atom. The Morgan fingerprint density at radius 3 is 2.24 bits per heavy atom. The Hall–Kier alpha value is -1.46. The van der Waals surface area contributed by atoms with Gasteiger partial charge in [-0.3, -0.25) is 4.79 Å². The molecule has 0 atom stereocenters. The van der Waals surface area contributed by atoms with Gasteiger partial charge in [0.1, 0.15) is 0 Å². The van der Waals surface area contributed by atoms with E-state index in [1.165, 1.54) is 11.8 Å². The summed E-state index contributed by atoms with van der Waals surface area (Å²) in [5.41, 5.74) is 0.619. The topological polar surface area (TPSA) is 35.5 Å². The molecule has 0 amide bonds. The van der Waals surface area contributed by atoms with Crippen LogP contribution in [0.3, 0.4) is 0 Å².